The predicted molar refractivity (Wildman–Crippen MR) is 80.7 cm³/mol. The summed E-state index contributed by atoms with van der Waals surface area (Å²) in [6.07, 6.45) is 6.41. The molecule has 0 aromatic rings. The second-order valence-electron chi connectivity index (χ2n) is 4.82. The van der Waals surface area contributed by atoms with E-state index < -0.39 is 14.8 Å². The van der Waals surface area contributed by atoms with E-state index in [1.807, 2.05) is 0 Å². The van der Waals surface area contributed by atoms with Crippen molar-refractivity contribution < 1.29 is 23.2 Å². The summed E-state index contributed by atoms with van der Waals surface area (Å²) >= 11 is 0. The standard InChI is InChI=1S/C14H28O5Si/c1-6-7-10-13(20(17-3,18-4)19-5)11-8-9-12(2)14(15)16/h9,13H,6-8,10-11H2,1-5H3,(H,15,16)/b12-9+. The van der Waals surface area contributed by atoms with Crippen molar-refractivity contribution in [2.75, 3.05) is 21.3 Å². The van der Waals surface area contributed by atoms with Gasteiger partial charge in [0.1, 0.15) is 0 Å². The monoisotopic (exact) mass is 304 g/mol. The zero-order valence-electron chi connectivity index (χ0n) is 13.3. The molecule has 0 saturated heterocycles. The normalized spacial score (nSPS) is 14.3. The van der Waals surface area contributed by atoms with E-state index in [1.165, 1.54) is 0 Å². The number of rotatable bonds is 11. The van der Waals surface area contributed by atoms with Gasteiger partial charge in [0.25, 0.3) is 0 Å². The molecule has 118 valence electrons. The first kappa shape index (κ1) is 19.3. The Morgan fingerprint density at radius 1 is 1.20 bits per heavy atom. The number of allylic oxidation sites excluding steroid dienone is 1. The minimum Gasteiger partial charge on any atom is -0.478 e. The van der Waals surface area contributed by atoms with Gasteiger partial charge in [0.2, 0.25) is 0 Å². The van der Waals surface area contributed by atoms with Crippen molar-refractivity contribution in [1.29, 1.82) is 0 Å². The molecule has 0 heterocycles. The molecule has 0 aliphatic carbocycles. The van der Waals surface area contributed by atoms with Gasteiger partial charge in [0.15, 0.2) is 0 Å². The number of unbranched alkanes of at least 4 members (excludes halogenated alkanes) is 1. The first-order chi connectivity index (χ1) is 9.47. The Morgan fingerprint density at radius 3 is 2.15 bits per heavy atom. The Morgan fingerprint density at radius 2 is 1.75 bits per heavy atom. The van der Waals surface area contributed by atoms with Crippen LogP contribution in [-0.2, 0) is 18.1 Å². The zero-order chi connectivity index (χ0) is 15.6. The number of aliphatic carboxylic acids is 1. The smallest absolute Gasteiger partial charge is 0.478 e. The molecule has 6 heteroatoms. The minimum absolute atomic E-state index is 0.195. The summed E-state index contributed by atoms with van der Waals surface area (Å²) in [7, 11) is 2.20. The highest BCUT2D eigenvalue weighted by Gasteiger charge is 2.46. The minimum atomic E-state index is -2.66. The van der Waals surface area contributed by atoms with E-state index in [0.717, 1.165) is 25.7 Å². The van der Waals surface area contributed by atoms with Crippen molar-refractivity contribution in [3.8, 4) is 0 Å². The molecule has 1 unspecified atom stereocenters. The predicted octanol–water partition coefficient (Wildman–Crippen LogP) is 3.24. The Labute approximate surface area is 123 Å². The fraction of sp³-hybridized carbons (Fsp3) is 0.786. The van der Waals surface area contributed by atoms with Gasteiger partial charge in [-0.25, -0.2) is 4.79 Å². The fourth-order valence-corrected chi connectivity index (χ4v) is 4.86. The highest BCUT2D eigenvalue weighted by atomic mass is 28.4. The SMILES string of the molecule is CCCCC(CC/C=C(\C)C(=O)O)[Si](OC)(OC)OC. The average molecular weight is 304 g/mol. The van der Waals surface area contributed by atoms with Gasteiger partial charge in [-0.3, -0.25) is 0 Å². The molecule has 0 bridgehead atoms. The van der Waals surface area contributed by atoms with Gasteiger partial charge in [-0.1, -0.05) is 25.8 Å². The molecule has 20 heavy (non-hydrogen) atoms. The van der Waals surface area contributed by atoms with Crippen LogP contribution in [0.5, 0.6) is 0 Å². The Bertz CT molecular complexity index is 304. The van der Waals surface area contributed by atoms with Crippen molar-refractivity contribution >= 4 is 14.8 Å². The molecule has 0 aliphatic heterocycles. The van der Waals surface area contributed by atoms with Crippen molar-refractivity contribution in [1.82, 2.24) is 0 Å². The van der Waals surface area contributed by atoms with Crippen LogP contribution in [0.4, 0.5) is 0 Å². The van der Waals surface area contributed by atoms with E-state index in [9.17, 15) is 4.79 Å². The molecule has 1 atom stereocenters. The van der Waals surface area contributed by atoms with Gasteiger partial charge < -0.3 is 18.4 Å². The second kappa shape index (κ2) is 10.1. The molecule has 0 fully saturated rings. The molecule has 1 N–H and O–H groups in total. The van der Waals surface area contributed by atoms with Crippen molar-refractivity contribution in [3.63, 3.8) is 0 Å². The Balaban J connectivity index is 4.79. The summed E-state index contributed by atoms with van der Waals surface area (Å²) in [5, 5.41) is 8.85. The first-order valence-electron chi connectivity index (χ1n) is 7.02. The molecule has 0 spiro atoms. The van der Waals surface area contributed by atoms with Crippen LogP contribution in [0, 0.1) is 0 Å². The van der Waals surface area contributed by atoms with Crippen molar-refractivity contribution in [2.45, 2.75) is 51.5 Å². The summed E-state index contributed by atoms with van der Waals surface area (Å²) in [5.41, 5.74) is 0.569. The lowest BCUT2D eigenvalue weighted by Crippen LogP contribution is -2.47. The van der Waals surface area contributed by atoms with Gasteiger partial charge in [0, 0.05) is 32.4 Å². The largest absolute Gasteiger partial charge is 0.503 e. The zero-order valence-corrected chi connectivity index (χ0v) is 14.3. The van der Waals surface area contributed by atoms with Crippen molar-refractivity contribution in [3.05, 3.63) is 11.6 Å². The number of carbonyl (C=O) groups is 1. The van der Waals surface area contributed by atoms with E-state index in [4.69, 9.17) is 18.4 Å². The quantitative estimate of drug-likeness (QED) is 0.469. The van der Waals surface area contributed by atoms with E-state index in [-0.39, 0.29) is 5.54 Å². The number of carboxylic acids is 1. The summed E-state index contributed by atoms with van der Waals surface area (Å²) in [5.74, 6) is -0.871. The van der Waals surface area contributed by atoms with E-state index >= 15 is 0 Å². The average Bonchev–Trinajstić information content (AvgIpc) is 2.45. The molecular weight excluding hydrogens is 276 g/mol. The lowest BCUT2D eigenvalue weighted by Gasteiger charge is -2.32. The van der Waals surface area contributed by atoms with Crippen molar-refractivity contribution in [2.24, 2.45) is 0 Å². The maximum Gasteiger partial charge on any atom is 0.503 e. The lowest BCUT2D eigenvalue weighted by atomic mass is 10.1. The van der Waals surface area contributed by atoms with Gasteiger partial charge in [-0.2, -0.15) is 0 Å². The molecule has 0 aliphatic rings. The molecule has 0 radical (unpaired) electrons. The van der Waals surface area contributed by atoms with Crippen LogP contribution in [0.1, 0.15) is 46.0 Å². The Hall–Kier alpha value is -0.693. The summed E-state index contributed by atoms with van der Waals surface area (Å²) < 4.78 is 16.7. The molecule has 0 rings (SSSR count). The topological polar surface area (TPSA) is 65.0 Å². The van der Waals surface area contributed by atoms with Gasteiger partial charge in [0.05, 0.1) is 0 Å². The van der Waals surface area contributed by atoms with Crippen LogP contribution in [-0.4, -0.2) is 41.2 Å². The van der Waals surface area contributed by atoms with Crippen LogP contribution in [0.2, 0.25) is 5.54 Å². The first-order valence-corrected chi connectivity index (χ1v) is 8.83. The van der Waals surface area contributed by atoms with E-state index in [2.05, 4.69) is 6.92 Å². The highest BCUT2D eigenvalue weighted by molar-refractivity contribution is 6.62. The molecular formula is C14H28O5Si. The molecule has 0 aromatic heterocycles. The molecule has 0 saturated carbocycles. The number of hydrogen-bond acceptors (Lipinski definition) is 4. The van der Waals surface area contributed by atoms with Crippen LogP contribution < -0.4 is 0 Å². The third kappa shape index (κ3) is 5.74. The van der Waals surface area contributed by atoms with Crippen LogP contribution >= 0.6 is 0 Å². The van der Waals surface area contributed by atoms with Gasteiger partial charge >= 0.3 is 14.8 Å². The van der Waals surface area contributed by atoms with E-state index in [0.29, 0.717) is 12.0 Å². The second-order valence-corrected chi connectivity index (χ2v) is 8.07. The van der Waals surface area contributed by atoms with E-state index in [1.54, 1.807) is 34.3 Å². The summed E-state index contributed by atoms with van der Waals surface area (Å²) in [6, 6.07) is 0. The van der Waals surface area contributed by atoms with Gasteiger partial charge in [-0.05, 0) is 26.2 Å². The van der Waals surface area contributed by atoms with Crippen LogP contribution in [0.3, 0.4) is 0 Å². The lowest BCUT2D eigenvalue weighted by molar-refractivity contribution is -0.132. The fourth-order valence-electron chi connectivity index (χ4n) is 2.29. The third-order valence-electron chi connectivity index (χ3n) is 3.56. The molecule has 0 amide bonds. The van der Waals surface area contributed by atoms with Crippen LogP contribution in [0.15, 0.2) is 11.6 Å². The maximum atomic E-state index is 10.8. The maximum absolute atomic E-state index is 10.8. The highest BCUT2D eigenvalue weighted by Crippen LogP contribution is 2.33. The molecule has 5 nitrogen and oxygen atoms in total. The number of carboxylic acid groups (broad SMARTS) is 1. The summed E-state index contributed by atoms with van der Waals surface area (Å²) in [6.45, 7) is 3.75. The van der Waals surface area contributed by atoms with Crippen LogP contribution in [0.25, 0.3) is 0 Å². The van der Waals surface area contributed by atoms with Gasteiger partial charge in [-0.15, -0.1) is 0 Å². The molecule has 0 aromatic carbocycles. The third-order valence-corrected chi connectivity index (χ3v) is 6.85. The number of hydrogen-bond donors (Lipinski definition) is 1. The Kier molecular flexibility index (Phi) is 9.74. The summed E-state index contributed by atoms with van der Waals surface area (Å²) in [4.78, 5) is 10.8.